The van der Waals surface area contributed by atoms with Crippen LogP contribution in [0.4, 0.5) is 0 Å². The maximum absolute atomic E-state index is 12.1. The molecule has 0 aliphatic heterocycles. The standard InChI is InChI=1S/C14H18N4O3S/c1-4-10(14-15-7(2)8(3)22-14)16-11(19)5-9-6-12(20)17-18-13(9)21/h6,10H,4-5H2,1-3H3,(H,16,19)(H,17,20)(H,18,21)/t10-/m1/s1. The summed E-state index contributed by atoms with van der Waals surface area (Å²) in [5, 5.41) is 8.08. The van der Waals surface area contributed by atoms with Crippen molar-refractivity contribution in [2.75, 3.05) is 0 Å². The van der Waals surface area contributed by atoms with Crippen LogP contribution in [0.1, 0.15) is 40.5 Å². The molecule has 2 aromatic heterocycles. The lowest BCUT2D eigenvalue weighted by atomic mass is 10.2. The smallest absolute Gasteiger partial charge is 0.266 e. The number of carbonyl (C=O) groups excluding carboxylic acids is 1. The molecule has 1 atom stereocenters. The van der Waals surface area contributed by atoms with Gasteiger partial charge in [0.2, 0.25) is 5.91 Å². The molecule has 1 amide bonds. The van der Waals surface area contributed by atoms with Crippen LogP contribution < -0.4 is 16.4 Å². The third-order valence-corrected chi connectivity index (χ3v) is 4.52. The van der Waals surface area contributed by atoms with E-state index in [1.165, 1.54) is 0 Å². The van der Waals surface area contributed by atoms with Crippen molar-refractivity contribution in [3.8, 4) is 0 Å². The first kappa shape index (κ1) is 16.2. The van der Waals surface area contributed by atoms with E-state index < -0.39 is 11.1 Å². The van der Waals surface area contributed by atoms with Gasteiger partial charge in [-0.15, -0.1) is 11.3 Å². The van der Waals surface area contributed by atoms with Gasteiger partial charge in [0, 0.05) is 16.5 Å². The van der Waals surface area contributed by atoms with Crippen molar-refractivity contribution >= 4 is 17.2 Å². The molecular formula is C14H18N4O3S. The van der Waals surface area contributed by atoms with Crippen LogP contribution in [0.15, 0.2) is 15.7 Å². The second-order valence-corrected chi connectivity index (χ2v) is 6.25. The van der Waals surface area contributed by atoms with Gasteiger partial charge in [0.05, 0.1) is 18.2 Å². The van der Waals surface area contributed by atoms with E-state index in [9.17, 15) is 14.4 Å². The molecule has 2 heterocycles. The largest absolute Gasteiger partial charge is 0.347 e. The Kier molecular flexibility index (Phi) is 4.92. The highest BCUT2D eigenvalue weighted by atomic mass is 32.1. The lowest BCUT2D eigenvalue weighted by molar-refractivity contribution is -0.121. The fourth-order valence-corrected chi connectivity index (χ4v) is 3.05. The van der Waals surface area contributed by atoms with Crippen LogP contribution in [0.5, 0.6) is 0 Å². The van der Waals surface area contributed by atoms with Gasteiger partial charge in [0.25, 0.3) is 11.1 Å². The molecule has 118 valence electrons. The van der Waals surface area contributed by atoms with Crippen molar-refractivity contribution in [1.29, 1.82) is 0 Å². The number of amides is 1. The van der Waals surface area contributed by atoms with E-state index in [1.54, 1.807) is 11.3 Å². The fraction of sp³-hybridized carbons (Fsp3) is 0.429. The molecule has 3 N–H and O–H groups in total. The summed E-state index contributed by atoms with van der Waals surface area (Å²) in [7, 11) is 0. The highest BCUT2D eigenvalue weighted by Crippen LogP contribution is 2.24. The van der Waals surface area contributed by atoms with Crippen molar-refractivity contribution in [1.82, 2.24) is 20.5 Å². The number of hydrogen-bond donors (Lipinski definition) is 3. The summed E-state index contributed by atoms with van der Waals surface area (Å²) in [4.78, 5) is 40.4. The predicted octanol–water partition coefficient (Wildman–Crippen LogP) is 0.947. The topological polar surface area (TPSA) is 108 Å². The van der Waals surface area contributed by atoms with Crippen LogP contribution in [-0.2, 0) is 11.2 Å². The molecule has 0 aliphatic rings. The van der Waals surface area contributed by atoms with Crippen molar-refractivity contribution in [2.45, 2.75) is 39.7 Å². The highest BCUT2D eigenvalue weighted by Gasteiger charge is 2.18. The van der Waals surface area contributed by atoms with Crippen LogP contribution in [0.2, 0.25) is 0 Å². The monoisotopic (exact) mass is 322 g/mol. The van der Waals surface area contributed by atoms with Gasteiger partial charge in [-0.3, -0.25) is 24.6 Å². The minimum atomic E-state index is -0.469. The molecule has 8 heteroatoms. The number of aromatic amines is 2. The molecule has 0 unspecified atom stereocenters. The Morgan fingerprint density at radius 1 is 1.36 bits per heavy atom. The molecule has 22 heavy (non-hydrogen) atoms. The summed E-state index contributed by atoms with van der Waals surface area (Å²) in [6, 6.07) is 0.947. The number of H-pyrrole nitrogens is 2. The average Bonchev–Trinajstić information content (AvgIpc) is 2.80. The Hall–Kier alpha value is -2.22. The molecule has 2 aromatic rings. The maximum Gasteiger partial charge on any atom is 0.266 e. The zero-order valence-corrected chi connectivity index (χ0v) is 13.5. The van der Waals surface area contributed by atoms with E-state index in [4.69, 9.17) is 0 Å². The maximum atomic E-state index is 12.1. The van der Waals surface area contributed by atoms with Crippen molar-refractivity contribution < 1.29 is 4.79 Å². The van der Waals surface area contributed by atoms with Crippen molar-refractivity contribution in [3.63, 3.8) is 0 Å². The third-order valence-electron chi connectivity index (χ3n) is 3.33. The summed E-state index contributed by atoms with van der Waals surface area (Å²) >= 11 is 1.55. The molecule has 0 bridgehead atoms. The molecule has 0 aromatic carbocycles. The summed E-state index contributed by atoms with van der Waals surface area (Å²) in [6.45, 7) is 5.87. The third kappa shape index (κ3) is 3.70. The fourth-order valence-electron chi connectivity index (χ4n) is 1.99. The number of aromatic nitrogens is 3. The Morgan fingerprint density at radius 2 is 2.09 bits per heavy atom. The Bertz CT molecular complexity index is 770. The number of aryl methyl sites for hydroxylation is 2. The van der Waals surface area contributed by atoms with Gasteiger partial charge < -0.3 is 5.32 Å². The first-order chi connectivity index (χ1) is 10.4. The normalized spacial score (nSPS) is 12.1. The summed E-state index contributed by atoms with van der Waals surface area (Å²) < 4.78 is 0. The number of rotatable bonds is 5. The first-order valence-corrected chi connectivity index (χ1v) is 7.76. The minimum Gasteiger partial charge on any atom is -0.347 e. The van der Waals surface area contributed by atoms with Gasteiger partial charge in [0.1, 0.15) is 5.01 Å². The summed E-state index contributed by atoms with van der Waals surface area (Å²) in [6.07, 6.45) is 0.558. The SMILES string of the molecule is CC[C@@H](NC(=O)Cc1cc(=O)[nH][nH]c1=O)c1nc(C)c(C)s1. The number of nitrogens with zero attached hydrogens (tertiary/aromatic N) is 1. The number of carbonyl (C=O) groups is 1. The number of nitrogens with one attached hydrogen (secondary N) is 3. The Balaban J connectivity index is 2.11. The van der Waals surface area contributed by atoms with E-state index in [1.807, 2.05) is 20.8 Å². The molecular weight excluding hydrogens is 304 g/mol. The molecule has 0 aliphatic carbocycles. The summed E-state index contributed by atoms with van der Waals surface area (Å²) in [5.41, 5.74) is 0.186. The van der Waals surface area contributed by atoms with Crippen molar-refractivity contribution in [3.05, 3.63) is 47.9 Å². The van der Waals surface area contributed by atoms with Gasteiger partial charge >= 0.3 is 0 Å². The molecule has 2 rings (SSSR count). The molecule has 0 saturated heterocycles. The zero-order chi connectivity index (χ0) is 16.3. The van der Waals surface area contributed by atoms with E-state index in [0.717, 1.165) is 21.6 Å². The van der Waals surface area contributed by atoms with E-state index in [-0.39, 0.29) is 23.9 Å². The quantitative estimate of drug-likeness (QED) is 0.761. The lowest BCUT2D eigenvalue weighted by Gasteiger charge is -2.14. The predicted molar refractivity (Wildman–Crippen MR) is 84.2 cm³/mol. The van der Waals surface area contributed by atoms with Crippen LogP contribution in [-0.4, -0.2) is 21.1 Å². The van der Waals surface area contributed by atoms with Crippen molar-refractivity contribution in [2.24, 2.45) is 0 Å². The second-order valence-electron chi connectivity index (χ2n) is 5.01. The second kappa shape index (κ2) is 6.69. The van der Waals surface area contributed by atoms with E-state index >= 15 is 0 Å². The van der Waals surface area contributed by atoms with Gasteiger partial charge in [-0.1, -0.05) is 6.92 Å². The summed E-state index contributed by atoms with van der Waals surface area (Å²) in [5.74, 6) is -0.312. The van der Waals surface area contributed by atoms with E-state index in [0.29, 0.717) is 6.42 Å². The number of hydrogen-bond acceptors (Lipinski definition) is 5. The number of thiazole rings is 1. The molecule has 0 spiro atoms. The van der Waals surface area contributed by atoms with Gasteiger partial charge in [-0.25, -0.2) is 4.98 Å². The van der Waals surface area contributed by atoms with Gasteiger partial charge in [0.15, 0.2) is 0 Å². The average molecular weight is 322 g/mol. The minimum absolute atomic E-state index is 0.140. The molecule has 0 radical (unpaired) electrons. The first-order valence-electron chi connectivity index (χ1n) is 6.94. The van der Waals surface area contributed by atoms with Gasteiger partial charge in [-0.05, 0) is 20.3 Å². The molecule has 7 nitrogen and oxygen atoms in total. The van der Waals surface area contributed by atoms with Gasteiger partial charge in [-0.2, -0.15) is 0 Å². The Morgan fingerprint density at radius 3 is 2.68 bits per heavy atom. The lowest BCUT2D eigenvalue weighted by Crippen LogP contribution is -2.32. The molecule has 0 fully saturated rings. The Labute approximate surface area is 130 Å². The highest BCUT2D eigenvalue weighted by molar-refractivity contribution is 7.11. The van der Waals surface area contributed by atoms with E-state index in [2.05, 4.69) is 20.5 Å². The molecule has 0 saturated carbocycles. The zero-order valence-electron chi connectivity index (χ0n) is 12.6. The van der Waals surface area contributed by atoms with Crippen LogP contribution in [0.3, 0.4) is 0 Å². The van der Waals surface area contributed by atoms with Crippen LogP contribution >= 0.6 is 11.3 Å². The van der Waals surface area contributed by atoms with Crippen LogP contribution in [0.25, 0.3) is 0 Å². The van der Waals surface area contributed by atoms with Crippen LogP contribution in [0, 0.1) is 13.8 Å².